The Morgan fingerprint density at radius 1 is 1.35 bits per heavy atom. The first-order chi connectivity index (χ1) is 10.6. The maximum Gasteiger partial charge on any atom is 0.226 e. The molecule has 23 heavy (non-hydrogen) atoms. The van der Waals surface area contributed by atoms with Gasteiger partial charge in [0, 0.05) is 37.5 Å². The van der Waals surface area contributed by atoms with Gasteiger partial charge in [-0.1, -0.05) is 6.42 Å². The van der Waals surface area contributed by atoms with E-state index in [4.69, 9.17) is 10.5 Å². The number of aliphatic hydroxyl groups is 1. The Labute approximate surface area is 145 Å². The second kappa shape index (κ2) is 7.68. The van der Waals surface area contributed by atoms with E-state index in [0.717, 1.165) is 51.6 Å². The van der Waals surface area contributed by atoms with Crippen LogP contribution in [-0.2, 0) is 9.53 Å². The van der Waals surface area contributed by atoms with Crippen molar-refractivity contribution in [2.45, 2.75) is 57.7 Å². The summed E-state index contributed by atoms with van der Waals surface area (Å²) in [4.78, 5) is 14.8. The second-order valence-corrected chi connectivity index (χ2v) is 7.29. The van der Waals surface area contributed by atoms with E-state index in [2.05, 4.69) is 0 Å². The van der Waals surface area contributed by atoms with Crippen LogP contribution in [0.4, 0.5) is 0 Å². The lowest BCUT2D eigenvalue weighted by molar-refractivity contribution is -0.210. The molecule has 3 aliphatic rings. The summed E-state index contributed by atoms with van der Waals surface area (Å²) in [6.45, 7) is 4.84. The number of likely N-dealkylation sites (tertiary alicyclic amines) is 1. The van der Waals surface area contributed by atoms with Crippen LogP contribution in [-0.4, -0.2) is 54.4 Å². The lowest BCUT2D eigenvalue weighted by Crippen LogP contribution is -2.63. The third kappa shape index (κ3) is 3.26. The predicted octanol–water partition coefficient (Wildman–Crippen LogP) is 1.56. The number of carbonyl (C=O) groups is 1. The second-order valence-electron chi connectivity index (χ2n) is 7.29. The number of amides is 1. The molecule has 0 radical (unpaired) electrons. The number of rotatable bonds is 4. The summed E-state index contributed by atoms with van der Waals surface area (Å²) in [5, 5.41) is 10.2. The summed E-state index contributed by atoms with van der Waals surface area (Å²) in [5.41, 5.74) is 5.71. The molecule has 0 aromatic carbocycles. The number of halogens is 1. The fourth-order valence-electron chi connectivity index (χ4n) is 4.84. The molecule has 2 saturated carbocycles. The van der Waals surface area contributed by atoms with Crippen LogP contribution in [0.5, 0.6) is 0 Å². The Bertz CT molecular complexity index is 411. The SMILES string of the molecule is CCOC1CC(O)C12CCN(C(=O)[C@@H]1CCC[C@@H]1CN)CC2.Cl. The molecule has 134 valence electrons. The van der Waals surface area contributed by atoms with Crippen molar-refractivity contribution >= 4 is 18.3 Å². The molecule has 3 N–H and O–H groups in total. The van der Waals surface area contributed by atoms with Gasteiger partial charge in [0.2, 0.25) is 5.91 Å². The van der Waals surface area contributed by atoms with Crippen LogP contribution in [0.3, 0.4) is 0 Å². The molecule has 0 aromatic heterocycles. The summed E-state index contributed by atoms with van der Waals surface area (Å²) in [5.74, 6) is 0.798. The minimum absolute atomic E-state index is 0. The molecule has 6 heteroatoms. The molecule has 2 aliphatic carbocycles. The molecule has 1 saturated heterocycles. The van der Waals surface area contributed by atoms with Gasteiger partial charge >= 0.3 is 0 Å². The van der Waals surface area contributed by atoms with Crippen molar-refractivity contribution in [1.82, 2.24) is 4.90 Å². The number of nitrogens with zero attached hydrogens (tertiary/aromatic N) is 1. The fraction of sp³-hybridized carbons (Fsp3) is 0.941. The van der Waals surface area contributed by atoms with Crippen LogP contribution in [0.25, 0.3) is 0 Å². The Kier molecular flexibility index (Phi) is 6.34. The summed E-state index contributed by atoms with van der Waals surface area (Å²) >= 11 is 0. The van der Waals surface area contributed by atoms with Crippen molar-refractivity contribution in [2.24, 2.45) is 23.0 Å². The van der Waals surface area contributed by atoms with Crippen molar-refractivity contribution in [1.29, 1.82) is 0 Å². The van der Waals surface area contributed by atoms with Crippen molar-refractivity contribution in [3.05, 3.63) is 0 Å². The summed E-state index contributed by atoms with van der Waals surface area (Å²) in [6, 6.07) is 0. The van der Waals surface area contributed by atoms with E-state index in [1.807, 2.05) is 11.8 Å². The van der Waals surface area contributed by atoms with Gasteiger partial charge < -0.3 is 20.5 Å². The van der Waals surface area contributed by atoms with Gasteiger partial charge in [0.05, 0.1) is 12.2 Å². The van der Waals surface area contributed by atoms with Crippen LogP contribution in [0.2, 0.25) is 0 Å². The highest BCUT2D eigenvalue weighted by Gasteiger charge is 2.56. The number of nitrogens with two attached hydrogens (primary N) is 1. The number of ether oxygens (including phenoxy) is 1. The maximum absolute atomic E-state index is 12.8. The lowest BCUT2D eigenvalue weighted by Gasteiger charge is -2.56. The molecular formula is C17H31ClN2O3. The third-order valence-corrected chi connectivity index (χ3v) is 6.40. The highest BCUT2D eigenvalue weighted by molar-refractivity contribution is 5.85. The molecular weight excluding hydrogens is 316 g/mol. The average molecular weight is 347 g/mol. The Balaban J connectivity index is 0.00000192. The van der Waals surface area contributed by atoms with E-state index in [0.29, 0.717) is 25.0 Å². The van der Waals surface area contributed by atoms with Crippen LogP contribution < -0.4 is 5.73 Å². The molecule has 3 fully saturated rings. The zero-order valence-electron chi connectivity index (χ0n) is 14.1. The number of piperidine rings is 1. The van der Waals surface area contributed by atoms with Gasteiger partial charge in [-0.2, -0.15) is 0 Å². The van der Waals surface area contributed by atoms with Crippen molar-refractivity contribution in [3.8, 4) is 0 Å². The molecule has 1 aliphatic heterocycles. The molecule has 5 nitrogen and oxygen atoms in total. The van der Waals surface area contributed by atoms with E-state index in [1.165, 1.54) is 0 Å². The van der Waals surface area contributed by atoms with Gasteiger partial charge in [-0.25, -0.2) is 0 Å². The minimum atomic E-state index is -0.260. The van der Waals surface area contributed by atoms with E-state index < -0.39 is 0 Å². The highest BCUT2D eigenvalue weighted by Crippen LogP contribution is 2.51. The van der Waals surface area contributed by atoms with E-state index >= 15 is 0 Å². The monoisotopic (exact) mass is 346 g/mol. The number of hydrogen-bond acceptors (Lipinski definition) is 4. The molecule has 0 aromatic rings. The molecule has 3 rings (SSSR count). The molecule has 1 amide bonds. The van der Waals surface area contributed by atoms with Crippen molar-refractivity contribution in [3.63, 3.8) is 0 Å². The van der Waals surface area contributed by atoms with E-state index in [-0.39, 0.29) is 35.9 Å². The zero-order valence-corrected chi connectivity index (χ0v) is 14.9. The number of carbonyl (C=O) groups excluding carboxylic acids is 1. The van der Waals surface area contributed by atoms with Crippen molar-refractivity contribution < 1.29 is 14.6 Å². The van der Waals surface area contributed by atoms with Gasteiger partial charge in [-0.15, -0.1) is 12.4 Å². The minimum Gasteiger partial charge on any atom is -0.392 e. The first-order valence-electron chi connectivity index (χ1n) is 8.91. The zero-order chi connectivity index (χ0) is 15.7. The Morgan fingerprint density at radius 3 is 2.61 bits per heavy atom. The first kappa shape index (κ1) is 19.0. The maximum atomic E-state index is 12.8. The van der Waals surface area contributed by atoms with Gasteiger partial charge in [0.15, 0.2) is 0 Å². The average Bonchev–Trinajstić information content (AvgIpc) is 3.03. The lowest BCUT2D eigenvalue weighted by atomic mass is 9.58. The Morgan fingerprint density at radius 2 is 2.04 bits per heavy atom. The third-order valence-electron chi connectivity index (χ3n) is 6.40. The van der Waals surface area contributed by atoms with E-state index in [1.54, 1.807) is 0 Å². The molecule has 0 bridgehead atoms. The van der Waals surface area contributed by atoms with E-state index in [9.17, 15) is 9.90 Å². The molecule has 2 unspecified atom stereocenters. The van der Waals surface area contributed by atoms with Gasteiger partial charge in [-0.3, -0.25) is 4.79 Å². The quantitative estimate of drug-likeness (QED) is 0.810. The Hall–Kier alpha value is -0.360. The summed E-state index contributed by atoms with van der Waals surface area (Å²) in [6.07, 6.45) is 5.61. The van der Waals surface area contributed by atoms with Crippen LogP contribution in [0.15, 0.2) is 0 Å². The topological polar surface area (TPSA) is 75.8 Å². The standard InChI is InChI=1S/C17H30N2O3.ClH/c1-2-22-15-10-14(20)17(15)6-8-19(9-7-17)16(21)13-5-3-4-12(13)11-18;/h12-15,20H,2-11,18H2,1H3;1H/t12-,13-,14?,15?;/m1./s1. The predicted molar refractivity (Wildman–Crippen MR) is 91.4 cm³/mol. The number of hydrogen-bond donors (Lipinski definition) is 2. The summed E-state index contributed by atoms with van der Waals surface area (Å²) in [7, 11) is 0. The molecule has 1 heterocycles. The van der Waals surface area contributed by atoms with Crippen LogP contribution in [0.1, 0.15) is 45.4 Å². The molecule has 1 spiro atoms. The van der Waals surface area contributed by atoms with Crippen LogP contribution in [0, 0.1) is 17.3 Å². The first-order valence-corrected chi connectivity index (χ1v) is 8.91. The van der Waals surface area contributed by atoms with Crippen molar-refractivity contribution in [2.75, 3.05) is 26.2 Å². The highest BCUT2D eigenvalue weighted by atomic mass is 35.5. The van der Waals surface area contributed by atoms with Gasteiger partial charge in [0.1, 0.15) is 0 Å². The fourth-order valence-corrected chi connectivity index (χ4v) is 4.84. The van der Waals surface area contributed by atoms with Gasteiger partial charge in [0.25, 0.3) is 0 Å². The largest absolute Gasteiger partial charge is 0.392 e. The summed E-state index contributed by atoms with van der Waals surface area (Å²) < 4.78 is 5.79. The molecule has 4 atom stereocenters. The van der Waals surface area contributed by atoms with Crippen LogP contribution >= 0.6 is 12.4 Å². The normalized spacial score (nSPS) is 35.7. The number of aliphatic hydroxyl groups excluding tert-OH is 1. The smallest absolute Gasteiger partial charge is 0.226 e. The van der Waals surface area contributed by atoms with Gasteiger partial charge in [-0.05, 0) is 45.1 Å².